The van der Waals surface area contributed by atoms with Crippen molar-refractivity contribution in [2.75, 3.05) is 45.3 Å². The van der Waals surface area contributed by atoms with Crippen LogP contribution in [0.25, 0.3) is 16.6 Å². The fourth-order valence-electron chi connectivity index (χ4n) is 6.18. The van der Waals surface area contributed by atoms with Crippen LogP contribution in [0, 0.1) is 11.6 Å². The molecule has 14 heteroatoms. The average molecular weight is 705 g/mol. The molecule has 7 rings (SSSR count). The van der Waals surface area contributed by atoms with E-state index in [1.54, 1.807) is 29.3 Å². The van der Waals surface area contributed by atoms with Gasteiger partial charge in [0.15, 0.2) is 23.1 Å². The maximum atomic E-state index is 15.4. The van der Waals surface area contributed by atoms with Crippen LogP contribution in [0.4, 0.5) is 23.2 Å². The zero-order valence-corrected chi connectivity index (χ0v) is 27.4. The summed E-state index contributed by atoms with van der Waals surface area (Å²) in [4.78, 5) is 33.0. The van der Waals surface area contributed by atoms with Crippen molar-refractivity contribution in [3.63, 3.8) is 0 Å². The van der Waals surface area contributed by atoms with Crippen LogP contribution in [0.1, 0.15) is 28.8 Å². The first kappa shape index (κ1) is 33.8. The Kier molecular flexibility index (Phi) is 9.25. The van der Waals surface area contributed by atoms with Crippen LogP contribution in [-0.2, 0) is 6.42 Å². The number of likely N-dealkylation sites (tertiary alicyclic amines) is 1. The third-order valence-electron chi connectivity index (χ3n) is 8.71. The zero-order chi connectivity index (χ0) is 35.7. The van der Waals surface area contributed by atoms with Crippen LogP contribution in [0.2, 0.25) is 0 Å². The van der Waals surface area contributed by atoms with E-state index in [1.165, 1.54) is 54.3 Å². The predicted molar refractivity (Wildman–Crippen MR) is 180 cm³/mol. The van der Waals surface area contributed by atoms with Crippen molar-refractivity contribution in [1.29, 1.82) is 0 Å². The number of amides is 1. The van der Waals surface area contributed by atoms with Gasteiger partial charge >= 0.3 is 0 Å². The van der Waals surface area contributed by atoms with Crippen LogP contribution in [0.5, 0.6) is 28.7 Å². The Morgan fingerprint density at radius 1 is 1.02 bits per heavy atom. The summed E-state index contributed by atoms with van der Waals surface area (Å²) in [5.41, 5.74) is 0.610. The van der Waals surface area contributed by atoms with Crippen molar-refractivity contribution in [1.82, 2.24) is 14.5 Å². The topological polar surface area (TPSA) is 104 Å². The molecule has 1 N–H and O–H groups in total. The van der Waals surface area contributed by atoms with Crippen LogP contribution in [0.15, 0.2) is 77.9 Å². The number of benzene rings is 3. The number of carbonyl (C=O) groups excluding carboxylic acids is 1. The van der Waals surface area contributed by atoms with Crippen molar-refractivity contribution in [2.24, 2.45) is 0 Å². The molecule has 5 aromatic rings. The molecule has 2 aliphatic heterocycles. The van der Waals surface area contributed by atoms with Gasteiger partial charge in [0.2, 0.25) is 0 Å². The lowest BCUT2D eigenvalue weighted by atomic mass is 10.1. The highest BCUT2D eigenvalue weighted by Crippen LogP contribution is 2.38. The largest absolute Gasteiger partial charge is 0.493 e. The molecule has 1 fully saturated rings. The Morgan fingerprint density at radius 3 is 2.59 bits per heavy atom. The number of anilines is 1. The number of fused-ring (bicyclic) bond motifs is 2. The first-order chi connectivity index (χ1) is 24.6. The van der Waals surface area contributed by atoms with Crippen molar-refractivity contribution in [3.8, 4) is 34.4 Å². The fourth-order valence-corrected chi connectivity index (χ4v) is 6.18. The van der Waals surface area contributed by atoms with Gasteiger partial charge in [-0.3, -0.25) is 24.0 Å². The molecule has 264 valence electrons. The average Bonchev–Trinajstić information content (AvgIpc) is 3.72. The third-order valence-corrected chi connectivity index (χ3v) is 8.71. The van der Waals surface area contributed by atoms with Gasteiger partial charge in [0.05, 0.1) is 32.4 Å². The molecule has 0 aliphatic carbocycles. The van der Waals surface area contributed by atoms with Crippen molar-refractivity contribution in [3.05, 3.63) is 106 Å². The molecule has 0 bridgehead atoms. The molecule has 1 amide bonds. The fraction of sp³-hybridized carbons (Fsp3) is 0.270. The van der Waals surface area contributed by atoms with E-state index in [9.17, 15) is 22.8 Å². The van der Waals surface area contributed by atoms with E-state index in [2.05, 4.69) is 10.3 Å². The number of carbonyl (C=O) groups is 1. The van der Waals surface area contributed by atoms with Crippen LogP contribution in [0.3, 0.4) is 0 Å². The van der Waals surface area contributed by atoms with E-state index in [1.807, 2.05) is 0 Å². The monoisotopic (exact) mass is 704 g/mol. The Balaban J connectivity index is 1.06. The smallest absolute Gasteiger partial charge is 0.271 e. The Hall–Kier alpha value is -5.63. The number of methoxy groups -OCH3 is 1. The maximum Gasteiger partial charge on any atom is 0.271 e. The van der Waals surface area contributed by atoms with Gasteiger partial charge in [-0.1, -0.05) is 0 Å². The number of aromatic nitrogens is 2. The van der Waals surface area contributed by atoms with E-state index in [-0.39, 0.29) is 54.7 Å². The molecule has 0 spiro atoms. The van der Waals surface area contributed by atoms with E-state index in [0.29, 0.717) is 59.6 Å². The number of ether oxygens (including phenoxy) is 4. The summed E-state index contributed by atoms with van der Waals surface area (Å²) >= 11 is 0. The molecule has 0 unspecified atom stereocenters. The number of hydrogen-bond donors (Lipinski definition) is 1. The summed E-state index contributed by atoms with van der Waals surface area (Å²) in [6.45, 7) is 1.14. The van der Waals surface area contributed by atoms with Gasteiger partial charge < -0.3 is 24.3 Å². The third kappa shape index (κ3) is 7.17. The van der Waals surface area contributed by atoms with E-state index in [0.717, 1.165) is 6.07 Å². The van der Waals surface area contributed by atoms with Gasteiger partial charge in [-0.2, -0.15) is 0 Å². The maximum absolute atomic E-state index is 15.4. The number of nitrogens with zero attached hydrogens (tertiary/aromatic N) is 3. The minimum absolute atomic E-state index is 0.0645. The summed E-state index contributed by atoms with van der Waals surface area (Å²) in [7, 11) is 1.47. The molecule has 4 heterocycles. The summed E-state index contributed by atoms with van der Waals surface area (Å²) in [5, 5.41) is 3.08. The second-order valence-electron chi connectivity index (χ2n) is 12.2. The molecule has 0 saturated carbocycles. The molecular weight excluding hydrogens is 672 g/mol. The Bertz CT molecular complexity index is 2180. The number of halogens is 4. The number of pyridine rings is 2. The minimum Gasteiger partial charge on any atom is -0.493 e. The van der Waals surface area contributed by atoms with Gasteiger partial charge in [0, 0.05) is 72.8 Å². The molecule has 3 aromatic carbocycles. The summed E-state index contributed by atoms with van der Waals surface area (Å²) in [6, 6.07) is 14.0. The molecular formula is C37H32F4N4O6. The van der Waals surface area contributed by atoms with Crippen LogP contribution >= 0.6 is 0 Å². The quantitative estimate of drug-likeness (QED) is 0.119. The number of nitrogens with one attached hydrogen (secondary N) is 1. The summed E-state index contributed by atoms with van der Waals surface area (Å²) in [5.74, 6) is -3.64. The first-order valence-electron chi connectivity index (χ1n) is 16.2. The molecule has 1 saturated heterocycles. The Morgan fingerprint density at radius 2 is 1.84 bits per heavy atom. The highest BCUT2D eigenvalue weighted by atomic mass is 19.3. The van der Waals surface area contributed by atoms with Crippen LogP contribution < -0.4 is 29.8 Å². The predicted octanol–water partition coefficient (Wildman–Crippen LogP) is 6.76. The zero-order valence-electron chi connectivity index (χ0n) is 27.4. The second-order valence-corrected chi connectivity index (χ2v) is 12.2. The summed E-state index contributed by atoms with van der Waals surface area (Å²) < 4.78 is 80.2. The highest BCUT2D eigenvalue weighted by Gasteiger charge is 2.37. The first-order valence-corrected chi connectivity index (χ1v) is 16.2. The SMILES string of the molecule is COc1cc2c(Oc3ccc(NC(=O)c4c5c(cn(-c6ccc(F)cc6)c4=O)CCO5)cc3F)ccnc2cc1OCCCN1CCC(F)(F)C1. The van der Waals surface area contributed by atoms with Crippen molar-refractivity contribution < 1.29 is 41.3 Å². The molecule has 2 aliphatic rings. The molecule has 0 atom stereocenters. The normalized spacial score (nSPS) is 15.0. The lowest BCUT2D eigenvalue weighted by Gasteiger charge is -2.17. The van der Waals surface area contributed by atoms with Crippen molar-refractivity contribution >= 4 is 22.5 Å². The number of alkyl halides is 2. The van der Waals surface area contributed by atoms with Gasteiger partial charge in [0.25, 0.3) is 17.4 Å². The molecule has 10 nitrogen and oxygen atoms in total. The van der Waals surface area contributed by atoms with Crippen molar-refractivity contribution in [2.45, 2.75) is 25.2 Å². The molecule has 51 heavy (non-hydrogen) atoms. The highest BCUT2D eigenvalue weighted by molar-refractivity contribution is 6.06. The van der Waals surface area contributed by atoms with E-state index >= 15 is 4.39 Å². The van der Waals surface area contributed by atoms with Gasteiger partial charge in [-0.05, 0) is 55.0 Å². The minimum atomic E-state index is -2.64. The van der Waals surface area contributed by atoms with Gasteiger partial charge in [-0.25, -0.2) is 17.6 Å². The lowest BCUT2D eigenvalue weighted by Crippen LogP contribution is -2.29. The van der Waals surface area contributed by atoms with Gasteiger partial charge in [-0.15, -0.1) is 0 Å². The van der Waals surface area contributed by atoms with Crippen LogP contribution in [-0.4, -0.2) is 66.2 Å². The number of rotatable bonds is 11. The Labute approximate surface area is 289 Å². The molecule has 0 radical (unpaired) electrons. The van der Waals surface area contributed by atoms with Gasteiger partial charge in [0.1, 0.15) is 22.9 Å². The standard InChI is InChI=1S/C37H32F4N4O6/c1-48-31-18-26-28(19-32(31)49-15-2-13-44-14-11-37(40,41)21-44)42-12-9-29(26)51-30-8-5-24(17-27(30)39)43-35(46)33-34-22(10-16-50-34)20-45(36(33)47)25-6-3-23(38)4-7-25/h3-9,12,17-20H,2,10-11,13-16,21H2,1H3,(H,43,46). The second kappa shape index (κ2) is 13.9. The number of hydrogen-bond acceptors (Lipinski definition) is 8. The molecule has 2 aromatic heterocycles. The summed E-state index contributed by atoms with van der Waals surface area (Å²) in [6.07, 6.45) is 3.93. The van der Waals surface area contributed by atoms with E-state index in [4.69, 9.17) is 18.9 Å². The van der Waals surface area contributed by atoms with E-state index < -0.39 is 29.0 Å². The lowest BCUT2D eigenvalue weighted by molar-refractivity contribution is 0.0118.